The first-order valence-corrected chi connectivity index (χ1v) is 6.38. The molecular formula is C12H17F3N4O. The van der Waals surface area contributed by atoms with Gasteiger partial charge in [-0.3, -0.25) is 0 Å². The van der Waals surface area contributed by atoms with Gasteiger partial charge in [0, 0.05) is 31.7 Å². The van der Waals surface area contributed by atoms with Crippen molar-refractivity contribution in [2.75, 3.05) is 30.9 Å². The summed E-state index contributed by atoms with van der Waals surface area (Å²) in [6.07, 6.45) is -3.60. The number of rotatable bonds is 4. The predicted molar refractivity (Wildman–Crippen MR) is 68.6 cm³/mol. The molecule has 2 atom stereocenters. The minimum absolute atomic E-state index is 0.0156. The van der Waals surface area contributed by atoms with E-state index >= 15 is 0 Å². The zero-order valence-electron chi connectivity index (χ0n) is 11.3. The molecule has 1 fully saturated rings. The molecule has 20 heavy (non-hydrogen) atoms. The van der Waals surface area contributed by atoms with Crippen LogP contribution in [0.2, 0.25) is 0 Å². The Kier molecular flexibility index (Phi) is 4.32. The van der Waals surface area contributed by atoms with E-state index in [4.69, 9.17) is 4.74 Å². The summed E-state index contributed by atoms with van der Waals surface area (Å²) >= 11 is 0. The maximum absolute atomic E-state index is 12.8. The molecule has 0 radical (unpaired) electrons. The number of anilines is 2. The lowest BCUT2D eigenvalue weighted by Crippen LogP contribution is -2.27. The summed E-state index contributed by atoms with van der Waals surface area (Å²) < 4.78 is 43.5. The second kappa shape index (κ2) is 5.82. The summed E-state index contributed by atoms with van der Waals surface area (Å²) in [6, 6.07) is 0.908. The highest BCUT2D eigenvalue weighted by Gasteiger charge is 2.34. The Balaban J connectivity index is 2.17. The van der Waals surface area contributed by atoms with Gasteiger partial charge < -0.3 is 15.4 Å². The Morgan fingerprint density at radius 1 is 1.40 bits per heavy atom. The van der Waals surface area contributed by atoms with Crippen molar-refractivity contribution in [3.8, 4) is 0 Å². The van der Waals surface area contributed by atoms with Crippen LogP contribution in [-0.4, -0.2) is 36.3 Å². The molecule has 2 N–H and O–H groups in total. The largest absolute Gasteiger partial charge is 0.433 e. The summed E-state index contributed by atoms with van der Waals surface area (Å²) in [4.78, 5) is 7.42. The van der Waals surface area contributed by atoms with Crippen molar-refractivity contribution in [3.63, 3.8) is 0 Å². The smallest absolute Gasteiger partial charge is 0.381 e. The highest BCUT2D eigenvalue weighted by atomic mass is 19.4. The fraction of sp³-hybridized carbons (Fsp3) is 0.667. The first kappa shape index (κ1) is 14.8. The quantitative estimate of drug-likeness (QED) is 0.891. The molecular weight excluding hydrogens is 273 g/mol. The van der Waals surface area contributed by atoms with Crippen LogP contribution in [0.25, 0.3) is 0 Å². The van der Waals surface area contributed by atoms with Gasteiger partial charge in [0.1, 0.15) is 5.82 Å². The van der Waals surface area contributed by atoms with Crippen LogP contribution >= 0.6 is 0 Å². The van der Waals surface area contributed by atoms with Gasteiger partial charge in [0.15, 0.2) is 5.69 Å². The Hall–Kier alpha value is -1.57. The van der Waals surface area contributed by atoms with Crippen LogP contribution in [0.5, 0.6) is 0 Å². The minimum Gasteiger partial charge on any atom is -0.381 e. The van der Waals surface area contributed by atoms with Crippen LogP contribution in [0.3, 0.4) is 0 Å². The van der Waals surface area contributed by atoms with Crippen molar-refractivity contribution in [3.05, 3.63) is 11.8 Å². The fourth-order valence-electron chi connectivity index (χ4n) is 2.08. The molecule has 1 aromatic rings. The molecule has 8 heteroatoms. The van der Waals surface area contributed by atoms with E-state index in [0.717, 1.165) is 12.5 Å². The van der Waals surface area contributed by atoms with Crippen molar-refractivity contribution in [1.82, 2.24) is 9.97 Å². The third-order valence-electron chi connectivity index (χ3n) is 3.29. The van der Waals surface area contributed by atoms with Gasteiger partial charge in [-0.25, -0.2) is 4.98 Å². The molecule has 112 valence electrons. The van der Waals surface area contributed by atoms with Gasteiger partial charge >= 0.3 is 6.18 Å². The van der Waals surface area contributed by atoms with E-state index in [2.05, 4.69) is 20.6 Å². The lowest BCUT2D eigenvalue weighted by Gasteiger charge is -2.20. The first-order valence-electron chi connectivity index (χ1n) is 6.38. The van der Waals surface area contributed by atoms with Gasteiger partial charge in [-0.2, -0.15) is 18.2 Å². The van der Waals surface area contributed by atoms with E-state index in [9.17, 15) is 13.2 Å². The standard InChI is InChI=1S/C12H17F3N4O/c1-7(8-3-4-20-6-8)17-10-5-9(12(13,14)15)18-11(16-2)19-10/h5,7-8H,3-4,6H2,1-2H3,(H2,16,17,18,19). The normalized spacial score (nSPS) is 20.8. The molecule has 1 aliphatic rings. The van der Waals surface area contributed by atoms with Gasteiger partial charge in [-0.05, 0) is 13.3 Å². The molecule has 0 spiro atoms. The molecule has 0 saturated carbocycles. The molecule has 5 nitrogen and oxygen atoms in total. The third-order valence-corrected chi connectivity index (χ3v) is 3.29. The van der Waals surface area contributed by atoms with Crippen molar-refractivity contribution in [1.29, 1.82) is 0 Å². The number of aromatic nitrogens is 2. The van der Waals surface area contributed by atoms with Gasteiger partial charge in [0.05, 0.1) is 6.61 Å². The van der Waals surface area contributed by atoms with Crippen LogP contribution in [0.1, 0.15) is 19.0 Å². The lowest BCUT2D eigenvalue weighted by atomic mass is 10.0. The highest BCUT2D eigenvalue weighted by molar-refractivity contribution is 5.43. The third kappa shape index (κ3) is 3.50. The molecule has 2 unspecified atom stereocenters. The summed E-state index contributed by atoms with van der Waals surface area (Å²) in [7, 11) is 1.48. The molecule has 0 aliphatic carbocycles. The number of ether oxygens (including phenoxy) is 1. The minimum atomic E-state index is -4.50. The van der Waals surface area contributed by atoms with Crippen molar-refractivity contribution in [2.24, 2.45) is 5.92 Å². The summed E-state index contributed by atoms with van der Waals surface area (Å²) in [5.41, 5.74) is -0.964. The number of hydrogen-bond donors (Lipinski definition) is 2. The molecule has 2 heterocycles. The van der Waals surface area contributed by atoms with E-state index in [1.165, 1.54) is 7.05 Å². The van der Waals surface area contributed by atoms with Gasteiger partial charge in [0.25, 0.3) is 0 Å². The molecule has 1 aromatic heterocycles. The second-order valence-electron chi connectivity index (χ2n) is 4.77. The van der Waals surface area contributed by atoms with Crippen LogP contribution in [0.15, 0.2) is 6.07 Å². The van der Waals surface area contributed by atoms with Crippen LogP contribution in [-0.2, 0) is 10.9 Å². The van der Waals surface area contributed by atoms with E-state index in [0.29, 0.717) is 13.2 Å². The van der Waals surface area contributed by atoms with Crippen LogP contribution < -0.4 is 10.6 Å². The maximum Gasteiger partial charge on any atom is 0.433 e. The average molecular weight is 290 g/mol. The topological polar surface area (TPSA) is 59.1 Å². The zero-order chi connectivity index (χ0) is 14.8. The number of hydrogen-bond acceptors (Lipinski definition) is 5. The Morgan fingerprint density at radius 3 is 2.70 bits per heavy atom. The monoisotopic (exact) mass is 290 g/mol. The first-order chi connectivity index (χ1) is 9.40. The van der Waals surface area contributed by atoms with Crippen molar-refractivity contribution < 1.29 is 17.9 Å². The van der Waals surface area contributed by atoms with E-state index in [-0.39, 0.29) is 23.7 Å². The summed E-state index contributed by atoms with van der Waals surface area (Å²) in [6.45, 7) is 3.22. The molecule has 1 saturated heterocycles. The highest BCUT2D eigenvalue weighted by Crippen LogP contribution is 2.30. The lowest BCUT2D eigenvalue weighted by molar-refractivity contribution is -0.141. The maximum atomic E-state index is 12.8. The van der Waals surface area contributed by atoms with E-state index in [1.54, 1.807) is 0 Å². The second-order valence-corrected chi connectivity index (χ2v) is 4.77. The molecule has 0 amide bonds. The summed E-state index contributed by atoms with van der Waals surface area (Å²) in [5.74, 6) is 0.380. The van der Waals surface area contributed by atoms with Gasteiger partial charge in [0.2, 0.25) is 5.95 Å². The fourth-order valence-corrected chi connectivity index (χ4v) is 2.08. The number of nitrogens with zero attached hydrogens (tertiary/aromatic N) is 2. The van der Waals surface area contributed by atoms with Crippen molar-refractivity contribution in [2.45, 2.75) is 25.6 Å². The predicted octanol–water partition coefficient (Wildman–Crippen LogP) is 2.37. The Bertz CT molecular complexity index is 461. The number of halogens is 3. The summed E-state index contributed by atoms with van der Waals surface area (Å²) in [5, 5.41) is 5.54. The Labute approximate surface area is 114 Å². The Morgan fingerprint density at radius 2 is 2.15 bits per heavy atom. The molecule has 0 aromatic carbocycles. The number of nitrogens with one attached hydrogen (secondary N) is 2. The SMILES string of the molecule is CNc1nc(NC(C)C2CCOC2)cc(C(F)(F)F)n1. The molecule has 2 rings (SSSR count). The van der Waals surface area contributed by atoms with Gasteiger partial charge in [-0.15, -0.1) is 0 Å². The van der Waals surface area contributed by atoms with Crippen LogP contribution in [0, 0.1) is 5.92 Å². The average Bonchev–Trinajstić information content (AvgIpc) is 2.91. The number of alkyl halides is 3. The van der Waals surface area contributed by atoms with Crippen LogP contribution in [0.4, 0.5) is 24.9 Å². The zero-order valence-corrected chi connectivity index (χ0v) is 11.3. The molecule has 0 bridgehead atoms. The van der Waals surface area contributed by atoms with Crippen molar-refractivity contribution >= 4 is 11.8 Å². The van der Waals surface area contributed by atoms with E-state index in [1.807, 2.05) is 6.92 Å². The molecule has 1 aliphatic heterocycles. The van der Waals surface area contributed by atoms with Gasteiger partial charge in [-0.1, -0.05) is 0 Å². The van der Waals surface area contributed by atoms with E-state index < -0.39 is 11.9 Å².